The molecule has 1 saturated heterocycles. The van der Waals surface area contributed by atoms with Crippen LogP contribution in [-0.2, 0) is 6.54 Å². The lowest BCUT2D eigenvalue weighted by atomic mass is 10.1. The second-order valence-corrected chi connectivity index (χ2v) is 6.40. The van der Waals surface area contributed by atoms with Crippen LogP contribution in [0.5, 0.6) is 5.75 Å². The predicted octanol–water partition coefficient (Wildman–Crippen LogP) is 2.92. The fraction of sp³-hybridized carbons (Fsp3) is 0.625. The lowest BCUT2D eigenvalue weighted by Crippen LogP contribution is -2.27. The minimum atomic E-state index is 0.782. The topological polar surface area (TPSA) is 24.5 Å². The Labute approximate surface area is 126 Å². The van der Waals surface area contributed by atoms with Crippen molar-refractivity contribution in [3.63, 3.8) is 0 Å². The molecule has 0 bridgehead atoms. The van der Waals surface area contributed by atoms with Crippen LogP contribution in [0.4, 0.5) is 0 Å². The molecule has 2 aliphatic rings. The Hall–Kier alpha value is -0.770. The van der Waals surface area contributed by atoms with Crippen LogP contribution in [0.25, 0.3) is 0 Å². The Morgan fingerprint density at radius 3 is 2.95 bits per heavy atom. The van der Waals surface area contributed by atoms with Crippen LogP contribution in [0.15, 0.2) is 18.2 Å². The van der Waals surface area contributed by atoms with Gasteiger partial charge in [-0.25, -0.2) is 0 Å². The minimum absolute atomic E-state index is 0.782. The van der Waals surface area contributed by atoms with Gasteiger partial charge in [-0.3, -0.25) is 4.90 Å². The summed E-state index contributed by atoms with van der Waals surface area (Å²) in [7, 11) is 1.71. The lowest BCUT2D eigenvalue weighted by molar-refractivity contribution is 0.306. The molecular weight excluding hydrogens is 272 g/mol. The summed E-state index contributed by atoms with van der Waals surface area (Å²) in [5, 5.41) is 4.45. The van der Waals surface area contributed by atoms with Gasteiger partial charge in [0.25, 0.3) is 0 Å². The smallest absolute Gasteiger partial charge is 0.124 e. The van der Waals surface area contributed by atoms with E-state index in [0.717, 1.165) is 47.9 Å². The normalized spacial score (nSPS) is 23.2. The molecule has 1 aromatic carbocycles. The standard InChI is InChI=1S/C16H23ClN2O/c1-20-16-4-2-3-15(17)14(16)11-19-8-7-12(10-19)9-18-13-5-6-13/h2-4,12-13,18H,5-11H2,1H3. The molecule has 110 valence electrons. The van der Waals surface area contributed by atoms with Gasteiger partial charge < -0.3 is 10.1 Å². The van der Waals surface area contributed by atoms with E-state index in [9.17, 15) is 0 Å². The van der Waals surface area contributed by atoms with E-state index < -0.39 is 0 Å². The van der Waals surface area contributed by atoms with Crippen molar-refractivity contribution in [3.8, 4) is 5.75 Å². The first kappa shape index (κ1) is 14.2. The largest absolute Gasteiger partial charge is 0.496 e. The van der Waals surface area contributed by atoms with Gasteiger partial charge >= 0.3 is 0 Å². The third kappa shape index (κ3) is 3.46. The number of nitrogens with one attached hydrogen (secondary N) is 1. The zero-order valence-electron chi connectivity index (χ0n) is 12.1. The van der Waals surface area contributed by atoms with Gasteiger partial charge in [0.05, 0.1) is 7.11 Å². The van der Waals surface area contributed by atoms with E-state index in [2.05, 4.69) is 10.2 Å². The molecule has 1 aliphatic carbocycles. The third-order valence-electron chi connectivity index (χ3n) is 4.32. The summed E-state index contributed by atoms with van der Waals surface area (Å²) < 4.78 is 5.43. The van der Waals surface area contributed by atoms with Crippen molar-refractivity contribution in [2.75, 3.05) is 26.7 Å². The molecule has 2 fully saturated rings. The van der Waals surface area contributed by atoms with Crippen molar-refractivity contribution in [1.82, 2.24) is 10.2 Å². The highest BCUT2D eigenvalue weighted by atomic mass is 35.5. The highest BCUT2D eigenvalue weighted by molar-refractivity contribution is 6.31. The first-order valence-corrected chi connectivity index (χ1v) is 7.91. The number of rotatable bonds is 6. The molecule has 1 aliphatic heterocycles. The summed E-state index contributed by atoms with van der Waals surface area (Å²) in [4.78, 5) is 2.49. The van der Waals surface area contributed by atoms with Crippen LogP contribution >= 0.6 is 11.6 Å². The zero-order chi connectivity index (χ0) is 13.9. The van der Waals surface area contributed by atoms with Gasteiger partial charge in [-0.05, 0) is 50.4 Å². The van der Waals surface area contributed by atoms with Crippen LogP contribution < -0.4 is 10.1 Å². The van der Waals surface area contributed by atoms with Gasteiger partial charge in [0.15, 0.2) is 0 Å². The number of benzene rings is 1. The highest BCUT2D eigenvalue weighted by Gasteiger charge is 2.26. The molecule has 3 rings (SSSR count). The quantitative estimate of drug-likeness (QED) is 0.873. The Morgan fingerprint density at radius 2 is 2.20 bits per heavy atom. The zero-order valence-corrected chi connectivity index (χ0v) is 12.8. The van der Waals surface area contributed by atoms with E-state index in [1.165, 1.54) is 25.8 Å². The number of likely N-dealkylation sites (tertiary alicyclic amines) is 1. The molecule has 20 heavy (non-hydrogen) atoms. The second-order valence-electron chi connectivity index (χ2n) is 5.99. The first-order valence-electron chi connectivity index (χ1n) is 7.53. The van der Waals surface area contributed by atoms with E-state index in [4.69, 9.17) is 16.3 Å². The van der Waals surface area contributed by atoms with E-state index in [1.807, 2.05) is 18.2 Å². The van der Waals surface area contributed by atoms with Gasteiger partial charge in [0.1, 0.15) is 5.75 Å². The molecule has 3 nitrogen and oxygen atoms in total. The molecular formula is C16H23ClN2O. The van der Waals surface area contributed by atoms with Crippen molar-refractivity contribution < 1.29 is 4.74 Å². The number of hydrogen-bond donors (Lipinski definition) is 1. The van der Waals surface area contributed by atoms with E-state index in [0.29, 0.717) is 0 Å². The number of ether oxygens (including phenoxy) is 1. The van der Waals surface area contributed by atoms with Crippen molar-refractivity contribution in [1.29, 1.82) is 0 Å². The first-order chi connectivity index (χ1) is 9.76. The number of hydrogen-bond acceptors (Lipinski definition) is 3. The third-order valence-corrected chi connectivity index (χ3v) is 4.67. The van der Waals surface area contributed by atoms with Gasteiger partial charge in [-0.1, -0.05) is 17.7 Å². The summed E-state index contributed by atoms with van der Waals surface area (Å²) in [5.74, 6) is 1.68. The Balaban J connectivity index is 1.55. The monoisotopic (exact) mass is 294 g/mol. The fourth-order valence-corrected chi connectivity index (χ4v) is 3.18. The molecule has 0 radical (unpaired) electrons. The Bertz CT molecular complexity index is 462. The van der Waals surface area contributed by atoms with Crippen LogP contribution in [0, 0.1) is 5.92 Å². The molecule has 0 aromatic heterocycles. The molecule has 4 heteroatoms. The molecule has 0 spiro atoms. The van der Waals surface area contributed by atoms with Crippen LogP contribution in [0.3, 0.4) is 0 Å². The molecule has 1 aromatic rings. The summed E-state index contributed by atoms with van der Waals surface area (Å²) >= 11 is 6.31. The maximum Gasteiger partial charge on any atom is 0.124 e. The lowest BCUT2D eigenvalue weighted by Gasteiger charge is -2.19. The summed E-state index contributed by atoms with van der Waals surface area (Å²) in [6.07, 6.45) is 4.02. The van der Waals surface area contributed by atoms with E-state index in [1.54, 1.807) is 7.11 Å². The highest BCUT2D eigenvalue weighted by Crippen LogP contribution is 2.29. The SMILES string of the molecule is COc1cccc(Cl)c1CN1CCC(CNC2CC2)C1. The van der Waals surface area contributed by atoms with Gasteiger partial charge in [-0.15, -0.1) is 0 Å². The molecule has 1 atom stereocenters. The second kappa shape index (κ2) is 6.33. The Morgan fingerprint density at radius 1 is 1.35 bits per heavy atom. The van der Waals surface area contributed by atoms with Crippen molar-refractivity contribution in [2.24, 2.45) is 5.92 Å². The van der Waals surface area contributed by atoms with Crippen LogP contribution in [0.1, 0.15) is 24.8 Å². The number of nitrogens with zero attached hydrogens (tertiary/aromatic N) is 1. The average molecular weight is 295 g/mol. The van der Waals surface area contributed by atoms with Gasteiger partial charge in [-0.2, -0.15) is 0 Å². The van der Waals surface area contributed by atoms with Crippen LogP contribution in [-0.4, -0.2) is 37.7 Å². The fourth-order valence-electron chi connectivity index (χ4n) is 2.95. The number of methoxy groups -OCH3 is 1. The maximum absolute atomic E-state index is 6.31. The van der Waals surface area contributed by atoms with E-state index in [-0.39, 0.29) is 0 Å². The van der Waals surface area contributed by atoms with Gasteiger partial charge in [0.2, 0.25) is 0 Å². The molecule has 0 amide bonds. The van der Waals surface area contributed by atoms with Crippen molar-refractivity contribution in [3.05, 3.63) is 28.8 Å². The molecule has 1 N–H and O–H groups in total. The molecule has 1 saturated carbocycles. The molecule has 1 heterocycles. The minimum Gasteiger partial charge on any atom is -0.496 e. The Kier molecular flexibility index (Phi) is 4.49. The van der Waals surface area contributed by atoms with Crippen molar-refractivity contribution in [2.45, 2.75) is 31.8 Å². The maximum atomic E-state index is 6.31. The summed E-state index contributed by atoms with van der Waals surface area (Å²) in [5.41, 5.74) is 1.12. The number of halogens is 1. The van der Waals surface area contributed by atoms with Crippen LogP contribution in [0.2, 0.25) is 5.02 Å². The van der Waals surface area contributed by atoms with E-state index >= 15 is 0 Å². The summed E-state index contributed by atoms with van der Waals surface area (Å²) in [6, 6.07) is 6.69. The predicted molar refractivity (Wildman–Crippen MR) is 82.4 cm³/mol. The average Bonchev–Trinajstić information content (AvgIpc) is 3.18. The summed E-state index contributed by atoms with van der Waals surface area (Å²) in [6.45, 7) is 4.38. The molecule has 1 unspecified atom stereocenters. The van der Waals surface area contributed by atoms with Gasteiger partial charge in [0, 0.05) is 29.7 Å². The van der Waals surface area contributed by atoms with Crippen molar-refractivity contribution >= 4 is 11.6 Å².